The number of hydrogen-bond donors (Lipinski definition) is 2. The SMILES string of the molecule is Cc1cc(NC(=O)c2nn[nH]n2)cnc1Cl. The van der Waals surface area contributed by atoms with E-state index in [4.69, 9.17) is 11.6 Å². The Morgan fingerprint density at radius 3 is 3.00 bits per heavy atom. The van der Waals surface area contributed by atoms with E-state index in [1.807, 2.05) is 0 Å². The Morgan fingerprint density at radius 2 is 2.38 bits per heavy atom. The van der Waals surface area contributed by atoms with Gasteiger partial charge in [-0.05, 0) is 23.8 Å². The number of carbonyl (C=O) groups excluding carboxylic acids is 1. The lowest BCUT2D eigenvalue weighted by Crippen LogP contribution is -2.14. The minimum atomic E-state index is -0.461. The normalized spacial score (nSPS) is 10.1. The molecule has 2 aromatic rings. The Hall–Kier alpha value is -2.02. The Bertz CT molecular complexity index is 511. The molecule has 2 aromatic heterocycles. The second-order valence-corrected chi connectivity index (χ2v) is 3.38. The van der Waals surface area contributed by atoms with Crippen LogP contribution in [0.4, 0.5) is 5.69 Å². The van der Waals surface area contributed by atoms with Crippen LogP contribution in [0.3, 0.4) is 0 Å². The highest BCUT2D eigenvalue weighted by atomic mass is 35.5. The molecule has 0 radical (unpaired) electrons. The van der Waals surface area contributed by atoms with Crippen molar-refractivity contribution in [1.29, 1.82) is 0 Å². The maximum Gasteiger partial charge on any atom is 0.297 e. The molecule has 1 amide bonds. The van der Waals surface area contributed by atoms with Gasteiger partial charge in [-0.15, -0.1) is 10.2 Å². The number of carbonyl (C=O) groups is 1. The molecule has 0 saturated heterocycles. The van der Waals surface area contributed by atoms with Crippen LogP contribution in [0.25, 0.3) is 0 Å². The molecule has 0 spiro atoms. The van der Waals surface area contributed by atoms with Gasteiger partial charge in [0.25, 0.3) is 11.7 Å². The summed E-state index contributed by atoms with van der Waals surface area (Å²) in [5.74, 6) is -0.495. The van der Waals surface area contributed by atoms with Crippen LogP contribution in [0.1, 0.15) is 16.2 Å². The maximum atomic E-state index is 11.5. The molecular formula is C8H7ClN6O. The molecule has 82 valence electrons. The first-order valence-electron chi connectivity index (χ1n) is 4.34. The number of anilines is 1. The molecule has 7 nitrogen and oxygen atoms in total. The average molecular weight is 239 g/mol. The molecule has 2 rings (SSSR count). The van der Waals surface area contributed by atoms with Crippen LogP contribution in [-0.4, -0.2) is 31.5 Å². The van der Waals surface area contributed by atoms with Gasteiger partial charge in [-0.3, -0.25) is 4.79 Å². The molecule has 2 heterocycles. The lowest BCUT2D eigenvalue weighted by molar-refractivity contribution is 0.101. The molecular weight excluding hydrogens is 232 g/mol. The highest BCUT2D eigenvalue weighted by molar-refractivity contribution is 6.30. The van der Waals surface area contributed by atoms with Gasteiger partial charge in [0.15, 0.2) is 0 Å². The summed E-state index contributed by atoms with van der Waals surface area (Å²) in [5.41, 5.74) is 1.30. The molecule has 0 unspecified atom stereocenters. The largest absolute Gasteiger partial charge is 0.318 e. The van der Waals surface area contributed by atoms with Crippen LogP contribution in [-0.2, 0) is 0 Å². The number of rotatable bonds is 2. The molecule has 16 heavy (non-hydrogen) atoms. The van der Waals surface area contributed by atoms with Crippen molar-refractivity contribution in [1.82, 2.24) is 25.6 Å². The summed E-state index contributed by atoms with van der Waals surface area (Å²) in [7, 11) is 0. The summed E-state index contributed by atoms with van der Waals surface area (Å²) >= 11 is 5.75. The lowest BCUT2D eigenvalue weighted by Gasteiger charge is -2.03. The third-order valence-electron chi connectivity index (χ3n) is 1.82. The third-order valence-corrected chi connectivity index (χ3v) is 2.22. The topological polar surface area (TPSA) is 96.5 Å². The van der Waals surface area contributed by atoms with E-state index in [-0.39, 0.29) is 5.82 Å². The predicted molar refractivity (Wildman–Crippen MR) is 56.1 cm³/mol. The van der Waals surface area contributed by atoms with Gasteiger partial charge in [0.1, 0.15) is 5.15 Å². The number of aromatic nitrogens is 5. The number of hydrogen-bond acceptors (Lipinski definition) is 5. The van der Waals surface area contributed by atoms with Gasteiger partial charge < -0.3 is 5.32 Å². The second-order valence-electron chi connectivity index (χ2n) is 3.02. The van der Waals surface area contributed by atoms with Gasteiger partial charge in [0.2, 0.25) is 0 Å². The van der Waals surface area contributed by atoms with Crippen molar-refractivity contribution in [3.05, 3.63) is 28.8 Å². The number of nitrogens with one attached hydrogen (secondary N) is 2. The summed E-state index contributed by atoms with van der Waals surface area (Å²) in [6.07, 6.45) is 1.45. The van der Waals surface area contributed by atoms with Crippen molar-refractivity contribution in [2.75, 3.05) is 5.32 Å². The number of nitrogens with zero attached hydrogens (tertiary/aromatic N) is 4. The van der Waals surface area contributed by atoms with Gasteiger partial charge in [0, 0.05) is 0 Å². The number of aryl methyl sites for hydroxylation is 1. The van der Waals surface area contributed by atoms with Gasteiger partial charge >= 0.3 is 0 Å². The monoisotopic (exact) mass is 238 g/mol. The number of amides is 1. The fourth-order valence-corrected chi connectivity index (χ4v) is 1.17. The molecule has 0 atom stereocenters. The Kier molecular flexibility index (Phi) is 2.78. The third kappa shape index (κ3) is 2.14. The molecule has 8 heteroatoms. The van der Waals surface area contributed by atoms with E-state index in [1.54, 1.807) is 13.0 Å². The van der Waals surface area contributed by atoms with Crippen LogP contribution >= 0.6 is 11.6 Å². The van der Waals surface area contributed by atoms with Crippen molar-refractivity contribution in [2.45, 2.75) is 6.92 Å². The fourth-order valence-electron chi connectivity index (χ4n) is 1.07. The molecule has 0 aromatic carbocycles. The smallest absolute Gasteiger partial charge is 0.297 e. The lowest BCUT2D eigenvalue weighted by atomic mass is 10.3. The highest BCUT2D eigenvalue weighted by Crippen LogP contribution is 2.16. The van der Waals surface area contributed by atoms with E-state index in [0.29, 0.717) is 10.8 Å². The molecule has 2 N–H and O–H groups in total. The first-order chi connectivity index (χ1) is 7.66. The minimum absolute atomic E-state index is 0.0346. The van der Waals surface area contributed by atoms with Crippen molar-refractivity contribution in [3.63, 3.8) is 0 Å². The van der Waals surface area contributed by atoms with Crippen molar-refractivity contribution in [2.24, 2.45) is 0 Å². The van der Waals surface area contributed by atoms with Gasteiger partial charge in [-0.1, -0.05) is 11.6 Å². The van der Waals surface area contributed by atoms with E-state index in [2.05, 4.69) is 30.9 Å². The first-order valence-corrected chi connectivity index (χ1v) is 4.71. The summed E-state index contributed by atoms with van der Waals surface area (Å²) in [6, 6.07) is 1.70. The molecule has 0 fully saturated rings. The van der Waals surface area contributed by atoms with Crippen molar-refractivity contribution >= 4 is 23.2 Å². The minimum Gasteiger partial charge on any atom is -0.318 e. The van der Waals surface area contributed by atoms with E-state index in [9.17, 15) is 4.79 Å². The van der Waals surface area contributed by atoms with Crippen LogP contribution in [0.15, 0.2) is 12.3 Å². The van der Waals surface area contributed by atoms with Gasteiger partial charge in [0.05, 0.1) is 11.9 Å². The molecule has 0 saturated carbocycles. The summed E-state index contributed by atoms with van der Waals surface area (Å²) < 4.78 is 0. The number of halogens is 1. The molecule has 0 aliphatic carbocycles. The summed E-state index contributed by atoms with van der Waals surface area (Å²) in [4.78, 5) is 15.4. The number of aromatic amines is 1. The zero-order valence-corrected chi connectivity index (χ0v) is 8.99. The first kappa shape index (κ1) is 10.5. The van der Waals surface area contributed by atoms with Crippen LogP contribution in [0.2, 0.25) is 5.15 Å². The Balaban J connectivity index is 2.15. The van der Waals surface area contributed by atoms with Crippen LogP contribution in [0.5, 0.6) is 0 Å². The quantitative estimate of drug-likeness (QED) is 0.755. The molecule has 0 bridgehead atoms. The van der Waals surface area contributed by atoms with Gasteiger partial charge in [-0.2, -0.15) is 5.21 Å². The zero-order chi connectivity index (χ0) is 11.5. The van der Waals surface area contributed by atoms with E-state index < -0.39 is 5.91 Å². The van der Waals surface area contributed by atoms with E-state index in [1.165, 1.54) is 6.20 Å². The standard InChI is InChI=1S/C8H7ClN6O/c1-4-2-5(3-10-6(4)9)11-8(16)7-12-14-15-13-7/h2-3H,1H3,(H,11,16)(H,12,13,14,15). The summed E-state index contributed by atoms with van der Waals surface area (Å²) in [6.45, 7) is 1.79. The number of H-pyrrole nitrogens is 1. The Labute approximate surface area is 95.2 Å². The molecule has 0 aliphatic heterocycles. The predicted octanol–water partition coefficient (Wildman–Crippen LogP) is 0.809. The zero-order valence-electron chi connectivity index (χ0n) is 8.23. The summed E-state index contributed by atoms with van der Waals surface area (Å²) in [5, 5.41) is 15.5. The highest BCUT2D eigenvalue weighted by Gasteiger charge is 2.11. The van der Waals surface area contributed by atoms with Crippen LogP contribution in [0, 0.1) is 6.92 Å². The van der Waals surface area contributed by atoms with Crippen molar-refractivity contribution in [3.8, 4) is 0 Å². The number of pyridine rings is 1. The van der Waals surface area contributed by atoms with Crippen molar-refractivity contribution < 1.29 is 4.79 Å². The molecule has 0 aliphatic rings. The van der Waals surface area contributed by atoms with Crippen LogP contribution < -0.4 is 5.32 Å². The number of tetrazole rings is 1. The van der Waals surface area contributed by atoms with E-state index >= 15 is 0 Å². The average Bonchev–Trinajstić information content (AvgIpc) is 2.77. The second kappa shape index (κ2) is 4.23. The maximum absolute atomic E-state index is 11.5. The van der Waals surface area contributed by atoms with E-state index in [0.717, 1.165) is 5.56 Å². The fraction of sp³-hybridized carbons (Fsp3) is 0.125. The Morgan fingerprint density at radius 1 is 1.56 bits per heavy atom. The van der Waals surface area contributed by atoms with Gasteiger partial charge in [-0.25, -0.2) is 4.98 Å².